The third-order valence-electron chi connectivity index (χ3n) is 7.99. The number of aromatic nitrogens is 1. The molecule has 1 aromatic carbocycles. The number of ether oxygens (including phenoxy) is 1. The highest BCUT2D eigenvalue weighted by Crippen LogP contribution is 2.53. The Bertz CT molecular complexity index is 1080. The number of pyridine rings is 1. The van der Waals surface area contributed by atoms with E-state index in [1.54, 1.807) is 18.3 Å². The molecule has 5 rings (SSSR count). The molecule has 2 aromatic rings. The molecule has 2 N–H and O–H groups in total. The lowest BCUT2D eigenvalue weighted by molar-refractivity contribution is -0.144. The number of rotatable bonds is 3. The summed E-state index contributed by atoms with van der Waals surface area (Å²) in [7, 11) is 0. The fourth-order valence-corrected chi connectivity index (χ4v) is 6.41. The second-order valence-electron chi connectivity index (χ2n) is 10.0. The van der Waals surface area contributed by atoms with Crippen molar-refractivity contribution >= 4 is 12.0 Å². The standard InChI is InChI=1S/C27H29F3N2O2/c1-15-25-23(22-9-6-20(31)12-18(22)13-24(25)26(33)34-15)10-8-21-7-5-17(14-32-21)16-3-2-4-19(11-16)27(28,29)30/h2-5,7-8,10-11,14-15,18,20,22-25H,6,9,12-13,31H2,1H3/b10-8+/t15-,18+,20+,22-,23+,24-,25+/m1/s1. The van der Waals surface area contributed by atoms with Crippen molar-refractivity contribution in [1.82, 2.24) is 4.98 Å². The molecule has 1 aromatic heterocycles. The second-order valence-corrected chi connectivity index (χ2v) is 10.0. The zero-order valence-corrected chi connectivity index (χ0v) is 19.0. The second kappa shape index (κ2) is 8.84. The maximum absolute atomic E-state index is 13.0. The van der Waals surface area contributed by atoms with E-state index in [0.717, 1.165) is 43.5 Å². The van der Waals surface area contributed by atoms with Crippen LogP contribution in [0.4, 0.5) is 13.2 Å². The van der Waals surface area contributed by atoms with Crippen LogP contribution in [0, 0.1) is 29.6 Å². The van der Waals surface area contributed by atoms with E-state index in [4.69, 9.17) is 10.5 Å². The number of fused-ring (bicyclic) bond motifs is 2. The molecule has 2 aliphatic carbocycles. The fraction of sp³-hybridized carbons (Fsp3) is 0.481. The van der Waals surface area contributed by atoms with Crippen LogP contribution in [0.15, 0.2) is 48.7 Å². The van der Waals surface area contributed by atoms with Gasteiger partial charge in [-0.05, 0) is 80.2 Å². The molecule has 7 atom stereocenters. The minimum atomic E-state index is -4.38. The molecular formula is C27H29F3N2O2. The van der Waals surface area contributed by atoms with Gasteiger partial charge >= 0.3 is 12.1 Å². The number of esters is 1. The van der Waals surface area contributed by atoms with Crippen LogP contribution in [-0.2, 0) is 15.7 Å². The van der Waals surface area contributed by atoms with Crippen LogP contribution in [0.5, 0.6) is 0 Å². The van der Waals surface area contributed by atoms with Crippen LogP contribution in [0.1, 0.15) is 43.9 Å². The number of allylic oxidation sites excluding steroid dienone is 1. The molecular weight excluding hydrogens is 441 g/mol. The van der Waals surface area contributed by atoms with Gasteiger partial charge in [0.15, 0.2) is 0 Å². The largest absolute Gasteiger partial charge is 0.462 e. The average molecular weight is 471 g/mol. The maximum atomic E-state index is 13.0. The zero-order chi connectivity index (χ0) is 24.0. The summed E-state index contributed by atoms with van der Waals surface area (Å²) in [6.45, 7) is 1.99. The van der Waals surface area contributed by atoms with E-state index in [1.165, 1.54) is 6.07 Å². The molecule has 2 heterocycles. The number of carbonyl (C=O) groups is 1. The average Bonchev–Trinajstić information content (AvgIpc) is 3.09. The van der Waals surface area contributed by atoms with Crippen LogP contribution >= 0.6 is 0 Å². The monoisotopic (exact) mass is 470 g/mol. The number of nitrogens with zero attached hydrogens (tertiary/aromatic N) is 1. The Morgan fingerprint density at radius 2 is 1.94 bits per heavy atom. The molecule has 0 spiro atoms. The molecule has 0 unspecified atom stereocenters. The number of carbonyl (C=O) groups excluding carboxylic acids is 1. The number of hydrogen-bond acceptors (Lipinski definition) is 4. The molecule has 4 nitrogen and oxygen atoms in total. The Morgan fingerprint density at radius 1 is 1.12 bits per heavy atom. The summed E-state index contributed by atoms with van der Waals surface area (Å²) in [5.41, 5.74) is 7.41. The van der Waals surface area contributed by atoms with E-state index < -0.39 is 11.7 Å². The first-order valence-corrected chi connectivity index (χ1v) is 12.0. The lowest BCUT2D eigenvalue weighted by Gasteiger charge is -2.47. The normalized spacial score (nSPS) is 33.4. The van der Waals surface area contributed by atoms with E-state index in [0.29, 0.717) is 23.0 Å². The van der Waals surface area contributed by atoms with Crippen molar-refractivity contribution < 1.29 is 22.7 Å². The van der Waals surface area contributed by atoms with E-state index >= 15 is 0 Å². The van der Waals surface area contributed by atoms with Gasteiger partial charge in [-0.25, -0.2) is 0 Å². The van der Waals surface area contributed by atoms with Gasteiger partial charge in [0.05, 0.1) is 17.2 Å². The Morgan fingerprint density at radius 3 is 2.68 bits per heavy atom. The number of hydrogen-bond donors (Lipinski definition) is 1. The Labute approximate surface area is 197 Å². The lowest BCUT2D eigenvalue weighted by Crippen LogP contribution is -2.46. The van der Waals surface area contributed by atoms with Gasteiger partial charge < -0.3 is 10.5 Å². The number of nitrogens with two attached hydrogens (primary N) is 1. The molecule has 0 amide bonds. The summed E-state index contributed by atoms with van der Waals surface area (Å²) in [5.74, 6) is 1.10. The molecule has 3 aliphatic rings. The van der Waals surface area contributed by atoms with Gasteiger partial charge in [0, 0.05) is 23.7 Å². The highest BCUT2D eigenvalue weighted by atomic mass is 19.4. The number of halogens is 3. The predicted molar refractivity (Wildman–Crippen MR) is 123 cm³/mol. The summed E-state index contributed by atoms with van der Waals surface area (Å²) < 4.78 is 44.8. The van der Waals surface area contributed by atoms with Gasteiger partial charge in [-0.3, -0.25) is 9.78 Å². The molecule has 180 valence electrons. The fourth-order valence-electron chi connectivity index (χ4n) is 6.41. The Kier molecular flexibility index (Phi) is 6.00. The first-order chi connectivity index (χ1) is 16.2. The number of alkyl halides is 3. The van der Waals surface area contributed by atoms with Crippen LogP contribution in [0.25, 0.3) is 17.2 Å². The van der Waals surface area contributed by atoms with E-state index in [2.05, 4.69) is 11.1 Å². The van der Waals surface area contributed by atoms with Gasteiger partial charge in [0.1, 0.15) is 6.10 Å². The van der Waals surface area contributed by atoms with Crippen molar-refractivity contribution in [2.75, 3.05) is 0 Å². The summed E-state index contributed by atoms with van der Waals surface area (Å²) >= 11 is 0. The quantitative estimate of drug-likeness (QED) is 0.583. The van der Waals surface area contributed by atoms with E-state index in [9.17, 15) is 18.0 Å². The van der Waals surface area contributed by atoms with Gasteiger partial charge in [-0.2, -0.15) is 13.2 Å². The minimum absolute atomic E-state index is 0.0764. The van der Waals surface area contributed by atoms with Crippen molar-refractivity contribution in [2.24, 2.45) is 35.3 Å². The third kappa shape index (κ3) is 4.38. The number of benzene rings is 1. The molecule has 1 aliphatic heterocycles. The van der Waals surface area contributed by atoms with E-state index in [-0.39, 0.29) is 35.9 Å². The van der Waals surface area contributed by atoms with Gasteiger partial charge in [-0.1, -0.05) is 24.3 Å². The summed E-state index contributed by atoms with van der Waals surface area (Å²) in [5, 5.41) is 0. The molecule has 34 heavy (non-hydrogen) atoms. The number of cyclic esters (lactones) is 1. The summed E-state index contributed by atoms with van der Waals surface area (Å²) in [6, 6.07) is 9.07. The molecule has 2 saturated carbocycles. The van der Waals surface area contributed by atoms with Crippen LogP contribution in [-0.4, -0.2) is 23.1 Å². The van der Waals surface area contributed by atoms with Crippen molar-refractivity contribution in [3.8, 4) is 11.1 Å². The topological polar surface area (TPSA) is 65.2 Å². The highest BCUT2D eigenvalue weighted by Gasteiger charge is 2.54. The Balaban J connectivity index is 1.38. The summed E-state index contributed by atoms with van der Waals surface area (Å²) in [6.07, 6.45) is 5.12. The van der Waals surface area contributed by atoms with Crippen LogP contribution < -0.4 is 5.73 Å². The molecule has 0 bridgehead atoms. The summed E-state index contributed by atoms with van der Waals surface area (Å²) in [4.78, 5) is 17.0. The van der Waals surface area contributed by atoms with Crippen LogP contribution in [0.2, 0.25) is 0 Å². The molecule has 0 radical (unpaired) electrons. The molecule has 1 saturated heterocycles. The van der Waals surface area contributed by atoms with Gasteiger partial charge in [-0.15, -0.1) is 0 Å². The molecule has 3 fully saturated rings. The first-order valence-electron chi connectivity index (χ1n) is 12.0. The van der Waals surface area contributed by atoms with Crippen LogP contribution in [0.3, 0.4) is 0 Å². The van der Waals surface area contributed by atoms with E-state index in [1.807, 2.05) is 19.1 Å². The minimum Gasteiger partial charge on any atom is -0.462 e. The zero-order valence-electron chi connectivity index (χ0n) is 19.0. The predicted octanol–water partition coefficient (Wildman–Crippen LogP) is 5.72. The van der Waals surface area contributed by atoms with Crippen molar-refractivity contribution in [3.05, 3.63) is 59.9 Å². The Hall–Kier alpha value is -2.67. The first kappa shape index (κ1) is 23.1. The SMILES string of the molecule is C[C@H]1OC(=O)[C@@H]2C[C@@H]3C[C@@H](N)CC[C@H]3[C@H](/C=C/c3ccc(-c4cccc(C(F)(F)F)c4)cn3)[C@H]12. The molecule has 7 heteroatoms. The smallest absolute Gasteiger partial charge is 0.416 e. The lowest BCUT2D eigenvalue weighted by atomic mass is 9.57. The maximum Gasteiger partial charge on any atom is 0.416 e. The van der Waals surface area contributed by atoms with Gasteiger partial charge in [0.2, 0.25) is 0 Å². The third-order valence-corrected chi connectivity index (χ3v) is 7.99. The van der Waals surface area contributed by atoms with Crippen molar-refractivity contribution in [3.63, 3.8) is 0 Å². The van der Waals surface area contributed by atoms with Gasteiger partial charge in [0.25, 0.3) is 0 Å². The van der Waals surface area contributed by atoms with Crippen molar-refractivity contribution in [2.45, 2.75) is 50.9 Å². The van der Waals surface area contributed by atoms with Crippen molar-refractivity contribution in [1.29, 1.82) is 0 Å². The highest BCUT2D eigenvalue weighted by molar-refractivity contribution is 5.75.